The van der Waals surface area contributed by atoms with Crippen LogP contribution in [0.25, 0.3) is 11.1 Å². The molecule has 0 heterocycles. The molecule has 0 spiro atoms. The SMILES string of the molecule is Bc1ccc(-c2ccc(B(O)O)cc2)cc1. The summed E-state index contributed by atoms with van der Waals surface area (Å²) in [5.41, 5.74) is 3.94. The van der Waals surface area contributed by atoms with Crippen LogP contribution in [0.2, 0.25) is 0 Å². The van der Waals surface area contributed by atoms with E-state index in [9.17, 15) is 0 Å². The van der Waals surface area contributed by atoms with Gasteiger partial charge in [0, 0.05) is 0 Å². The summed E-state index contributed by atoms with van der Waals surface area (Å²) in [5, 5.41) is 18.0. The fraction of sp³-hybridized carbons (Fsp3) is 0. The molecular weight excluding hydrogens is 198 g/mol. The van der Waals surface area contributed by atoms with E-state index >= 15 is 0 Å². The minimum Gasteiger partial charge on any atom is -0.423 e. The quantitative estimate of drug-likeness (QED) is 0.642. The molecule has 0 aliphatic carbocycles. The summed E-state index contributed by atoms with van der Waals surface area (Å²) in [6.45, 7) is 0. The molecule has 0 radical (unpaired) electrons. The van der Waals surface area contributed by atoms with Crippen molar-refractivity contribution in [2.75, 3.05) is 0 Å². The van der Waals surface area contributed by atoms with Gasteiger partial charge in [0.1, 0.15) is 7.85 Å². The summed E-state index contributed by atoms with van der Waals surface area (Å²) in [5.74, 6) is 0. The molecule has 2 aromatic carbocycles. The Morgan fingerprint density at radius 1 is 0.750 bits per heavy atom. The predicted octanol–water partition coefficient (Wildman–Crippen LogP) is -0.708. The molecule has 2 nitrogen and oxygen atoms in total. The first-order valence-electron chi connectivity index (χ1n) is 5.20. The van der Waals surface area contributed by atoms with Crippen LogP contribution in [0.3, 0.4) is 0 Å². The van der Waals surface area contributed by atoms with Gasteiger partial charge in [0.05, 0.1) is 0 Å². The second-order valence-electron chi connectivity index (χ2n) is 3.86. The molecule has 0 saturated heterocycles. The van der Waals surface area contributed by atoms with Crippen LogP contribution >= 0.6 is 0 Å². The summed E-state index contributed by atoms with van der Waals surface area (Å²) < 4.78 is 0. The highest BCUT2D eigenvalue weighted by Crippen LogP contribution is 2.16. The van der Waals surface area contributed by atoms with E-state index in [1.54, 1.807) is 12.1 Å². The maximum Gasteiger partial charge on any atom is 0.488 e. The van der Waals surface area contributed by atoms with Crippen molar-refractivity contribution in [1.29, 1.82) is 0 Å². The highest BCUT2D eigenvalue weighted by atomic mass is 16.4. The van der Waals surface area contributed by atoms with E-state index in [0.717, 1.165) is 11.1 Å². The first kappa shape index (κ1) is 11.0. The maximum absolute atomic E-state index is 8.98. The Hall–Kier alpha value is -1.51. The van der Waals surface area contributed by atoms with E-state index in [1.807, 2.05) is 12.1 Å². The monoisotopic (exact) mass is 210 g/mol. The van der Waals surface area contributed by atoms with Crippen LogP contribution < -0.4 is 10.9 Å². The van der Waals surface area contributed by atoms with Gasteiger partial charge in [-0.2, -0.15) is 0 Å². The molecule has 16 heavy (non-hydrogen) atoms. The zero-order valence-electron chi connectivity index (χ0n) is 9.09. The van der Waals surface area contributed by atoms with E-state index in [0.29, 0.717) is 5.46 Å². The van der Waals surface area contributed by atoms with E-state index < -0.39 is 7.12 Å². The Labute approximate surface area is 96.1 Å². The Balaban J connectivity index is 2.31. The van der Waals surface area contributed by atoms with Gasteiger partial charge in [-0.1, -0.05) is 54.0 Å². The van der Waals surface area contributed by atoms with Crippen LogP contribution in [0.5, 0.6) is 0 Å². The molecule has 0 aliphatic rings. The first-order chi connectivity index (χ1) is 7.66. The van der Waals surface area contributed by atoms with Gasteiger partial charge in [0.2, 0.25) is 0 Å². The number of hydrogen-bond acceptors (Lipinski definition) is 2. The van der Waals surface area contributed by atoms with Gasteiger partial charge >= 0.3 is 7.12 Å². The fourth-order valence-corrected chi connectivity index (χ4v) is 1.59. The summed E-state index contributed by atoms with van der Waals surface area (Å²) >= 11 is 0. The highest BCUT2D eigenvalue weighted by molar-refractivity contribution is 6.58. The normalized spacial score (nSPS) is 10.1. The summed E-state index contributed by atoms with van der Waals surface area (Å²) in [7, 11) is 0.654. The van der Waals surface area contributed by atoms with Gasteiger partial charge in [0.15, 0.2) is 0 Å². The molecular formula is C12H12B2O2. The maximum atomic E-state index is 8.98. The van der Waals surface area contributed by atoms with E-state index in [2.05, 4.69) is 32.1 Å². The fourth-order valence-electron chi connectivity index (χ4n) is 1.59. The summed E-state index contributed by atoms with van der Waals surface area (Å²) in [6, 6.07) is 15.5. The lowest BCUT2D eigenvalue weighted by atomic mass is 9.80. The third-order valence-electron chi connectivity index (χ3n) is 2.59. The predicted molar refractivity (Wildman–Crippen MR) is 69.9 cm³/mol. The second kappa shape index (κ2) is 4.56. The molecule has 4 heteroatoms. The van der Waals surface area contributed by atoms with Gasteiger partial charge in [-0.15, -0.1) is 0 Å². The van der Waals surface area contributed by atoms with Gasteiger partial charge in [-0.3, -0.25) is 0 Å². The molecule has 0 unspecified atom stereocenters. The molecule has 78 valence electrons. The largest absolute Gasteiger partial charge is 0.488 e. The van der Waals surface area contributed by atoms with Gasteiger partial charge < -0.3 is 10.0 Å². The third kappa shape index (κ3) is 2.35. The van der Waals surface area contributed by atoms with E-state index in [1.165, 1.54) is 5.46 Å². The molecule has 2 aromatic rings. The lowest BCUT2D eigenvalue weighted by molar-refractivity contribution is 0.426. The number of benzene rings is 2. The van der Waals surface area contributed by atoms with E-state index in [4.69, 9.17) is 10.0 Å². The van der Waals surface area contributed by atoms with Crippen molar-refractivity contribution in [2.24, 2.45) is 0 Å². The first-order valence-corrected chi connectivity index (χ1v) is 5.20. The number of rotatable bonds is 2. The van der Waals surface area contributed by atoms with Crippen molar-refractivity contribution in [2.45, 2.75) is 0 Å². The Bertz CT molecular complexity index is 463. The van der Waals surface area contributed by atoms with Crippen molar-refractivity contribution in [3.63, 3.8) is 0 Å². The average Bonchev–Trinajstić information content (AvgIpc) is 2.30. The minimum atomic E-state index is -1.40. The molecule has 0 saturated carbocycles. The summed E-state index contributed by atoms with van der Waals surface area (Å²) in [4.78, 5) is 0. The minimum absolute atomic E-state index is 0.510. The average molecular weight is 210 g/mol. The molecule has 0 fully saturated rings. The third-order valence-corrected chi connectivity index (χ3v) is 2.59. The van der Waals surface area contributed by atoms with Crippen molar-refractivity contribution >= 4 is 25.9 Å². The van der Waals surface area contributed by atoms with Crippen molar-refractivity contribution < 1.29 is 10.0 Å². The van der Waals surface area contributed by atoms with Crippen LogP contribution in [0, 0.1) is 0 Å². The van der Waals surface area contributed by atoms with Crippen LogP contribution in [0.1, 0.15) is 0 Å². The van der Waals surface area contributed by atoms with Crippen molar-refractivity contribution in [1.82, 2.24) is 0 Å². The number of hydrogen-bond donors (Lipinski definition) is 2. The molecule has 0 atom stereocenters. The lowest BCUT2D eigenvalue weighted by Gasteiger charge is -2.04. The summed E-state index contributed by atoms with van der Waals surface area (Å²) in [6.07, 6.45) is 0. The Morgan fingerprint density at radius 3 is 1.62 bits per heavy atom. The zero-order chi connectivity index (χ0) is 11.5. The lowest BCUT2D eigenvalue weighted by Crippen LogP contribution is -2.29. The molecule has 0 aromatic heterocycles. The standard InChI is InChI=1S/C12H12B2O2/c13-11-5-1-9(2-6-11)10-3-7-12(8-4-10)14(15)16/h1-8,15-16H,13H2. The smallest absolute Gasteiger partial charge is 0.423 e. The molecule has 0 bridgehead atoms. The Kier molecular flexibility index (Phi) is 3.13. The van der Waals surface area contributed by atoms with E-state index in [-0.39, 0.29) is 0 Å². The topological polar surface area (TPSA) is 40.5 Å². The van der Waals surface area contributed by atoms with Crippen molar-refractivity contribution in [3.8, 4) is 11.1 Å². The van der Waals surface area contributed by atoms with Crippen LogP contribution in [-0.2, 0) is 0 Å². The van der Waals surface area contributed by atoms with Crippen LogP contribution in [0.15, 0.2) is 48.5 Å². The Morgan fingerprint density at radius 2 is 1.19 bits per heavy atom. The van der Waals surface area contributed by atoms with Crippen LogP contribution in [0.4, 0.5) is 0 Å². The molecule has 0 aliphatic heterocycles. The van der Waals surface area contributed by atoms with Crippen molar-refractivity contribution in [3.05, 3.63) is 48.5 Å². The van der Waals surface area contributed by atoms with Gasteiger partial charge in [-0.05, 0) is 16.6 Å². The second-order valence-corrected chi connectivity index (χ2v) is 3.86. The molecule has 2 N–H and O–H groups in total. The van der Waals surface area contributed by atoms with Gasteiger partial charge in [-0.25, -0.2) is 0 Å². The zero-order valence-corrected chi connectivity index (χ0v) is 9.09. The van der Waals surface area contributed by atoms with Gasteiger partial charge in [0.25, 0.3) is 0 Å². The highest BCUT2D eigenvalue weighted by Gasteiger charge is 2.09. The molecule has 0 amide bonds. The van der Waals surface area contributed by atoms with Crippen LogP contribution in [-0.4, -0.2) is 25.0 Å². The molecule has 2 rings (SSSR count).